The van der Waals surface area contributed by atoms with E-state index >= 15 is 0 Å². The smallest absolute Gasteiger partial charge is 0.0706 e. The molecule has 0 aliphatic heterocycles. The third kappa shape index (κ3) is 2.70. The summed E-state index contributed by atoms with van der Waals surface area (Å²) in [6.07, 6.45) is 5.71. The van der Waals surface area contributed by atoms with Crippen molar-refractivity contribution in [3.05, 3.63) is 60.0 Å². The quantitative estimate of drug-likeness (QED) is 0.789. The van der Waals surface area contributed by atoms with Gasteiger partial charge in [-0.25, -0.2) is 0 Å². The van der Waals surface area contributed by atoms with Crippen LogP contribution in [0, 0.1) is 0 Å². The van der Waals surface area contributed by atoms with Crippen molar-refractivity contribution in [2.75, 3.05) is 0 Å². The van der Waals surface area contributed by atoms with Crippen LogP contribution < -0.4 is 5.73 Å². The fourth-order valence-electron chi connectivity index (χ4n) is 2.36. The van der Waals surface area contributed by atoms with Crippen LogP contribution in [0.5, 0.6) is 0 Å². The molecule has 0 fully saturated rings. The van der Waals surface area contributed by atoms with Gasteiger partial charge in [-0.2, -0.15) is 5.10 Å². The predicted molar refractivity (Wildman–Crippen MR) is 80.2 cm³/mol. The molecule has 102 valence electrons. The summed E-state index contributed by atoms with van der Waals surface area (Å²) in [6.45, 7) is 0. The lowest BCUT2D eigenvalue weighted by molar-refractivity contribution is 0.635. The molecule has 1 atom stereocenters. The van der Waals surface area contributed by atoms with E-state index in [2.05, 4.69) is 22.2 Å². The van der Waals surface area contributed by atoms with Crippen molar-refractivity contribution in [3.8, 4) is 0 Å². The summed E-state index contributed by atoms with van der Waals surface area (Å²) >= 11 is 0. The number of benzene rings is 1. The monoisotopic (exact) mass is 266 g/mol. The molecule has 4 heteroatoms. The van der Waals surface area contributed by atoms with Gasteiger partial charge >= 0.3 is 0 Å². The lowest BCUT2D eigenvalue weighted by Crippen LogP contribution is -2.13. The van der Waals surface area contributed by atoms with E-state index in [4.69, 9.17) is 5.73 Å². The Morgan fingerprint density at radius 3 is 2.85 bits per heavy atom. The van der Waals surface area contributed by atoms with Crippen molar-refractivity contribution < 1.29 is 0 Å². The zero-order valence-corrected chi connectivity index (χ0v) is 11.5. The van der Waals surface area contributed by atoms with Gasteiger partial charge in [0, 0.05) is 24.7 Å². The first-order valence-electron chi connectivity index (χ1n) is 6.81. The van der Waals surface area contributed by atoms with Gasteiger partial charge in [-0.15, -0.1) is 0 Å². The molecule has 20 heavy (non-hydrogen) atoms. The number of aryl methyl sites for hydroxylation is 2. The molecular formula is C16H18N4. The minimum Gasteiger partial charge on any atom is -0.323 e. The summed E-state index contributed by atoms with van der Waals surface area (Å²) in [5.41, 5.74) is 9.42. The first-order chi connectivity index (χ1) is 9.72. The molecular weight excluding hydrogens is 248 g/mol. The van der Waals surface area contributed by atoms with Gasteiger partial charge < -0.3 is 5.73 Å². The number of aromatic nitrogens is 3. The Hall–Kier alpha value is -2.20. The molecule has 0 aliphatic rings. The van der Waals surface area contributed by atoms with Gasteiger partial charge in [-0.05, 0) is 30.5 Å². The predicted octanol–water partition coefficient (Wildman–Crippen LogP) is 2.60. The van der Waals surface area contributed by atoms with Crippen LogP contribution in [0.25, 0.3) is 10.9 Å². The molecule has 3 aromatic rings. The maximum absolute atomic E-state index is 6.25. The second kappa shape index (κ2) is 5.43. The zero-order chi connectivity index (χ0) is 13.9. The molecule has 2 aromatic heterocycles. The molecule has 0 aliphatic carbocycles. The summed E-state index contributed by atoms with van der Waals surface area (Å²) in [5, 5.41) is 5.32. The number of hydrogen-bond donors (Lipinski definition) is 1. The topological polar surface area (TPSA) is 56.7 Å². The van der Waals surface area contributed by atoms with E-state index in [1.165, 1.54) is 5.56 Å². The SMILES string of the molecule is Cn1cc(CCC(N)c2ccc3ccccc3n2)cn1. The molecule has 1 unspecified atom stereocenters. The Labute approximate surface area is 118 Å². The van der Waals surface area contributed by atoms with E-state index in [-0.39, 0.29) is 6.04 Å². The van der Waals surface area contributed by atoms with Crippen LogP contribution in [0.2, 0.25) is 0 Å². The van der Waals surface area contributed by atoms with Gasteiger partial charge in [0.2, 0.25) is 0 Å². The van der Waals surface area contributed by atoms with Gasteiger partial charge in [0.25, 0.3) is 0 Å². The van der Waals surface area contributed by atoms with Gasteiger partial charge in [0.05, 0.1) is 17.4 Å². The summed E-state index contributed by atoms with van der Waals surface area (Å²) in [4.78, 5) is 4.65. The van der Waals surface area contributed by atoms with E-state index in [1.807, 2.05) is 48.4 Å². The maximum Gasteiger partial charge on any atom is 0.0706 e. The van der Waals surface area contributed by atoms with Crippen molar-refractivity contribution in [1.82, 2.24) is 14.8 Å². The Kier molecular flexibility index (Phi) is 3.48. The Balaban J connectivity index is 1.73. The third-order valence-electron chi connectivity index (χ3n) is 3.50. The fraction of sp³-hybridized carbons (Fsp3) is 0.250. The maximum atomic E-state index is 6.25. The molecule has 2 N–H and O–H groups in total. The molecule has 0 saturated heterocycles. The molecule has 0 bridgehead atoms. The Morgan fingerprint density at radius 2 is 2.05 bits per heavy atom. The highest BCUT2D eigenvalue weighted by atomic mass is 15.2. The first-order valence-corrected chi connectivity index (χ1v) is 6.81. The lowest BCUT2D eigenvalue weighted by Gasteiger charge is -2.11. The molecule has 2 heterocycles. The van der Waals surface area contributed by atoms with Gasteiger partial charge in [0.1, 0.15) is 0 Å². The van der Waals surface area contributed by atoms with Crippen LogP contribution in [-0.4, -0.2) is 14.8 Å². The minimum atomic E-state index is -0.0418. The van der Waals surface area contributed by atoms with Crippen LogP contribution in [0.15, 0.2) is 48.8 Å². The number of rotatable bonds is 4. The van der Waals surface area contributed by atoms with Crippen molar-refractivity contribution in [1.29, 1.82) is 0 Å². The number of pyridine rings is 1. The highest BCUT2D eigenvalue weighted by molar-refractivity contribution is 5.78. The first kappa shape index (κ1) is 12.8. The highest BCUT2D eigenvalue weighted by Gasteiger charge is 2.09. The van der Waals surface area contributed by atoms with Gasteiger partial charge in [-0.1, -0.05) is 24.3 Å². The zero-order valence-electron chi connectivity index (χ0n) is 11.5. The number of para-hydroxylation sites is 1. The normalized spacial score (nSPS) is 12.7. The molecule has 4 nitrogen and oxygen atoms in total. The van der Waals surface area contributed by atoms with Crippen LogP contribution >= 0.6 is 0 Å². The fourth-order valence-corrected chi connectivity index (χ4v) is 2.36. The largest absolute Gasteiger partial charge is 0.323 e. The van der Waals surface area contributed by atoms with Crippen molar-refractivity contribution >= 4 is 10.9 Å². The molecule has 0 amide bonds. The Morgan fingerprint density at radius 1 is 1.20 bits per heavy atom. The summed E-state index contributed by atoms with van der Waals surface area (Å²) in [5.74, 6) is 0. The summed E-state index contributed by atoms with van der Waals surface area (Å²) in [6, 6.07) is 12.2. The third-order valence-corrected chi connectivity index (χ3v) is 3.50. The van der Waals surface area contributed by atoms with E-state index in [0.717, 1.165) is 29.4 Å². The molecule has 1 aromatic carbocycles. The number of nitrogens with zero attached hydrogens (tertiary/aromatic N) is 3. The number of hydrogen-bond acceptors (Lipinski definition) is 3. The second-order valence-electron chi connectivity index (χ2n) is 5.10. The van der Waals surface area contributed by atoms with Gasteiger partial charge in [0.15, 0.2) is 0 Å². The molecule has 3 rings (SSSR count). The van der Waals surface area contributed by atoms with Crippen LogP contribution in [0.4, 0.5) is 0 Å². The average molecular weight is 266 g/mol. The van der Waals surface area contributed by atoms with E-state index in [0.29, 0.717) is 0 Å². The second-order valence-corrected chi connectivity index (χ2v) is 5.10. The van der Waals surface area contributed by atoms with Crippen molar-refractivity contribution in [2.24, 2.45) is 12.8 Å². The standard InChI is InChI=1S/C16H18N4/c1-20-11-12(10-18-20)6-8-14(17)16-9-7-13-4-2-3-5-15(13)19-16/h2-5,7,9-11,14H,6,8,17H2,1H3. The molecule has 0 saturated carbocycles. The molecule has 0 radical (unpaired) electrons. The Bertz CT molecular complexity index is 717. The van der Waals surface area contributed by atoms with Crippen LogP contribution in [-0.2, 0) is 13.5 Å². The van der Waals surface area contributed by atoms with E-state index < -0.39 is 0 Å². The highest BCUT2D eigenvalue weighted by Crippen LogP contribution is 2.18. The van der Waals surface area contributed by atoms with Crippen molar-refractivity contribution in [3.63, 3.8) is 0 Å². The van der Waals surface area contributed by atoms with Gasteiger partial charge in [-0.3, -0.25) is 9.67 Å². The number of fused-ring (bicyclic) bond motifs is 1. The van der Waals surface area contributed by atoms with Crippen LogP contribution in [0.3, 0.4) is 0 Å². The minimum absolute atomic E-state index is 0.0418. The summed E-state index contributed by atoms with van der Waals surface area (Å²) < 4.78 is 1.81. The number of nitrogens with two attached hydrogens (primary N) is 1. The molecule has 0 spiro atoms. The average Bonchev–Trinajstić information content (AvgIpc) is 2.90. The lowest BCUT2D eigenvalue weighted by atomic mass is 10.0. The van der Waals surface area contributed by atoms with E-state index in [9.17, 15) is 0 Å². The van der Waals surface area contributed by atoms with E-state index in [1.54, 1.807) is 0 Å². The van der Waals surface area contributed by atoms with Crippen molar-refractivity contribution in [2.45, 2.75) is 18.9 Å². The summed E-state index contributed by atoms with van der Waals surface area (Å²) in [7, 11) is 1.92. The van der Waals surface area contributed by atoms with Crippen LogP contribution in [0.1, 0.15) is 23.7 Å².